The molecule has 0 saturated heterocycles. The van der Waals surface area contributed by atoms with E-state index in [9.17, 15) is 9.59 Å². The number of nitrogens with zero attached hydrogens (tertiary/aromatic N) is 3. The number of pyridine rings is 1. The number of carbonyl (C=O) groups excluding carboxylic acids is 1. The number of carbonyl (C=O) groups is 1. The van der Waals surface area contributed by atoms with E-state index in [1.807, 2.05) is 11.5 Å². The summed E-state index contributed by atoms with van der Waals surface area (Å²) in [5.41, 5.74) is 0.419. The number of hydrogen-bond donors (Lipinski definition) is 1. The zero-order valence-corrected chi connectivity index (χ0v) is 13.3. The molecule has 7 heteroatoms. The first kappa shape index (κ1) is 15.7. The van der Waals surface area contributed by atoms with Gasteiger partial charge in [0, 0.05) is 25.1 Å². The minimum atomic E-state index is -0.543. The minimum absolute atomic E-state index is 0.0325. The highest BCUT2D eigenvalue weighted by molar-refractivity contribution is 6.05. The van der Waals surface area contributed by atoms with Crippen molar-refractivity contribution >= 4 is 22.8 Å². The molecule has 1 amide bonds. The van der Waals surface area contributed by atoms with Crippen LogP contribution in [-0.4, -0.2) is 27.6 Å². The maximum absolute atomic E-state index is 12.7. The second kappa shape index (κ2) is 6.49. The largest absolute Gasteiger partial charge is 0.497 e. The summed E-state index contributed by atoms with van der Waals surface area (Å²) in [6, 6.07) is 6.87. The summed E-state index contributed by atoms with van der Waals surface area (Å²) >= 11 is 0. The van der Waals surface area contributed by atoms with Crippen LogP contribution in [0.4, 0.5) is 5.95 Å². The fraction of sp³-hybridized carbons (Fsp3) is 0.176. The van der Waals surface area contributed by atoms with Gasteiger partial charge in [0.15, 0.2) is 0 Å². The maximum Gasteiger partial charge on any atom is 0.263 e. The van der Waals surface area contributed by atoms with E-state index in [2.05, 4.69) is 15.3 Å². The maximum atomic E-state index is 12.7. The third kappa shape index (κ3) is 2.83. The van der Waals surface area contributed by atoms with Crippen LogP contribution in [0.25, 0.3) is 10.9 Å². The number of ether oxygens (including phenoxy) is 1. The zero-order valence-electron chi connectivity index (χ0n) is 13.3. The van der Waals surface area contributed by atoms with Gasteiger partial charge in [0.25, 0.3) is 5.91 Å². The lowest BCUT2D eigenvalue weighted by molar-refractivity contribution is 0.102. The lowest BCUT2D eigenvalue weighted by atomic mass is 10.1. The quantitative estimate of drug-likeness (QED) is 0.794. The van der Waals surface area contributed by atoms with Crippen LogP contribution in [0.15, 0.2) is 47.7 Å². The topological polar surface area (TPSA) is 86.1 Å². The second-order valence-electron chi connectivity index (χ2n) is 5.07. The molecule has 1 N–H and O–H groups in total. The normalized spacial score (nSPS) is 10.6. The van der Waals surface area contributed by atoms with Gasteiger partial charge in [-0.2, -0.15) is 0 Å². The number of methoxy groups -OCH3 is 1. The number of hydrogen-bond acceptors (Lipinski definition) is 5. The molecule has 0 radical (unpaired) electrons. The van der Waals surface area contributed by atoms with Crippen LogP contribution in [0.5, 0.6) is 5.75 Å². The Balaban J connectivity index is 2.12. The Morgan fingerprint density at radius 3 is 2.71 bits per heavy atom. The standard InChI is InChI=1S/C17H16N4O3/c1-3-21-10-13(16(23)20-17-18-7-4-8-19-17)15(22)12-9-11(24-2)5-6-14(12)21/h4-10H,3H2,1-2H3,(H,18,19,20,23). The van der Waals surface area contributed by atoms with Crippen LogP contribution >= 0.6 is 0 Å². The van der Waals surface area contributed by atoms with E-state index < -0.39 is 5.91 Å². The van der Waals surface area contributed by atoms with Crippen molar-refractivity contribution in [3.05, 3.63) is 58.6 Å². The van der Waals surface area contributed by atoms with Crippen LogP contribution in [0, 0.1) is 0 Å². The zero-order chi connectivity index (χ0) is 17.1. The number of aromatic nitrogens is 3. The average Bonchev–Trinajstić information content (AvgIpc) is 2.62. The van der Waals surface area contributed by atoms with Gasteiger partial charge in [-0.25, -0.2) is 9.97 Å². The summed E-state index contributed by atoms with van der Waals surface area (Å²) in [7, 11) is 1.53. The molecule has 0 bridgehead atoms. The molecule has 0 aliphatic heterocycles. The third-order valence-corrected chi connectivity index (χ3v) is 3.66. The van der Waals surface area contributed by atoms with Crippen LogP contribution in [-0.2, 0) is 6.54 Å². The first-order chi connectivity index (χ1) is 11.6. The molecule has 7 nitrogen and oxygen atoms in total. The number of fused-ring (bicyclic) bond motifs is 1. The van der Waals surface area contributed by atoms with Crippen molar-refractivity contribution in [2.24, 2.45) is 0 Å². The summed E-state index contributed by atoms with van der Waals surface area (Å²) in [5.74, 6) is 0.167. The van der Waals surface area contributed by atoms with E-state index in [1.165, 1.54) is 19.5 Å². The average molecular weight is 324 g/mol. The highest BCUT2D eigenvalue weighted by Crippen LogP contribution is 2.19. The van der Waals surface area contributed by atoms with E-state index in [0.29, 0.717) is 17.7 Å². The van der Waals surface area contributed by atoms with E-state index in [-0.39, 0.29) is 16.9 Å². The third-order valence-electron chi connectivity index (χ3n) is 3.66. The molecule has 0 atom stereocenters. The molecule has 0 aliphatic rings. The van der Waals surface area contributed by atoms with Gasteiger partial charge in [0.2, 0.25) is 11.4 Å². The van der Waals surface area contributed by atoms with Crippen molar-refractivity contribution in [2.75, 3.05) is 12.4 Å². The van der Waals surface area contributed by atoms with E-state index in [4.69, 9.17) is 4.74 Å². The number of anilines is 1. The molecule has 0 unspecified atom stereocenters. The van der Waals surface area contributed by atoms with Crippen LogP contribution < -0.4 is 15.5 Å². The highest BCUT2D eigenvalue weighted by atomic mass is 16.5. The first-order valence-electron chi connectivity index (χ1n) is 7.43. The molecule has 2 aromatic heterocycles. The lowest BCUT2D eigenvalue weighted by Gasteiger charge is -2.12. The molecule has 3 rings (SSSR count). The van der Waals surface area contributed by atoms with Gasteiger partial charge in [-0.3, -0.25) is 14.9 Å². The van der Waals surface area contributed by atoms with Gasteiger partial charge in [0.1, 0.15) is 11.3 Å². The fourth-order valence-electron chi connectivity index (χ4n) is 2.46. The summed E-state index contributed by atoms with van der Waals surface area (Å²) in [6.07, 6.45) is 4.58. The number of amides is 1. The Bertz CT molecular complexity index is 951. The van der Waals surface area contributed by atoms with Gasteiger partial charge < -0.3 is 9.30 Å². The fourth-order valence-corrected chi connectivity index (χ4v) is 2.46. The Morgan fingerprint density at radius 2 is 2.04 bits per heavy atom. The highest BCUT2D eigenvalue weighted by Gasteiger charge is 2.16. The molecule has 0 spiro atoms. The van der Waals surface area contributed by atoms with Crippen molar-refractivity contribution < 1.29 is 9.53 Å². The molecule has 0 saturated carbocycles. The molecule has 3 aromatic rings. The summed E-state index contributed by atoms with van der Waals surface area (Å²) in [4.78, 5) is 33.1. The molecular formula is C17H16N4O3. The predicted octanol–water partition coefficient (Wildman–Crippen LogP) is 2.07. The smallest absolute Gasteiger partial charge is 0.263 e. The van der Waals surface area contributed by atoms with Gasteiger partial charge in [-0.15, -0.1) is 0 Å². The molecule has 2 heterocycles. The van der Waals surface area contributed by atoms with E-state index in [0.717, 1.165) is 5.52 Å². The molecule has 0 fully saturated rings. The SMILES string of the molecule is CCn1cc(C(=O)Nc2ncccn2)c(=O)c2cc(OC)ccc21. The number of aryl methyl sites for hydroxylation is 1. The molecule has 122 valence electrons. The molecule has 1 aromatic carbocycles. The van der Waals surface area contributed by atoms with Crippen molar-refractivity contribution in [1.82, 2.24) is 14.5 Å². The van der Waals surface area contributed by atoms with Crippen molar-refractivity contribution in [3.63, 3.8) is 0 Å². The Morgan fingerprint density at radius 1 is 1.29 bits per heavy atom. The van der Waals surface area contributed by atoms with Gasteiger partial charge in [-0.05, 0) is 31.2 Å². The minimum Gasteiger partial charge on any atom is -0.497 e. The number of nitrogens with one attached hydrogen (secondary N) is 1. The summed E-state index contributed by atoms with van der Waals surface area (Å²) in [5, 5.41) is 2.97. The molecule has 0 aliphatic carbocycles. The second-order valence-corrected chi connectivity index (χ2v) is 5.07. The van der Waals surface area contributed by atoms with Crippen LogP contribution in [0.1, 0.15) is 17.3 Å². The molecule has 24 heavy (non-hydrogen) atoms. The van der Waals surface area contributed by atoms with E-state index in [1.54, 1.807) is 30.5 Å². The van der Waals surface area contributed by atoms with Crippen LogP contribution in [0.3, 0.4) is 0 Å². The van der Waals surface area contributed by atoms with Crippen molar-refractivity contribution in [2.45, 2.75) is 13.5 Å². The Hall–Kier alpha value is -3.22. The van der Waals surface area contributed by atoms with Crippen molar-refractivity contribution in [1.29, 1.82) is 0 Å². The Kier molecular flexibility index (Phi) is 4.24. The summed E-state index contributed by atoms with van der Waals surface area (Å²) in [6.45, 7) is 2.56. The molecular weight excluding hydrogens is 308 g/mol. The predicted molar refractivity (Wildman–Crippen MR) is 90.4 cm³/mol. The Labute approximate surface area is 137 Å². The van der Waals surface area contributed by atoms with Gasteiger partial charge in [0.05, 0.1) is 18.0 Å². The van der Waals surface area contributed by atoms with Crippen LogP contribution in [0.2, 0.25) is 0 Å². The van der Waals surface area contributed by atoms with Gasteiger partial charge >= 0.3 is 0 Å². The lowest BCUT2D eigenvalue weighted by Crippen LogP contribution is -2.24. The van der Waals surface area contributed by atoms with Crippen molar-refractivity contribution in [3.8, 4) is 5.75 Å². The van der Waals surface area contributed by atoms with E-state index >= 15 is 0 Å². The summed E-state index contributed by atoms with van der Waals surface area (Å²) < 4.78 is 7.02. The number of benzene rings is 1. The van der Waals surface area contributed by atoms with Gasteiger partial charge in [-0.1, -0.05) is 0 Å². The monoisotopic (exact) mass is 324 g/mol. The first-order valence-corrected chi connectivity index (χ1v) is 7.43. The number of rotatable bonds is 4.